The summed E-state index contributed by atoms with van der Waals surface area (Å²) in [6, 6.07) is 16.5. The zero-order chi connectivity index (χ0) is 22.4. The van der Waals surface area contributed by atoms with Crippen molar-refractivity contribution in [3.63, 3.8) is 0 Å². The maximum Gasteiger partial charge on any atom is 0.414 e. The van der Waals surface area contributed by atoms with Crippen molar-refractivity contribution in [3.8, 4) is 5.75 Å². The molecule has 0 saturated carbocycles. The Morgan fingerprint density at radius 1 is 1.26 bits per heavy atom. The maximum absolute atomic E-state index is 12.2. The lowest BCUT2D eigenvalue weighted by Crippen LogP contribution is -2.26. The minimum absolute atomic E-state index is 0.0134. The van der Waals surface area contributed by atoms with E-state index in [0.717, 1.165) is 17.8 Å². The molecule has 9 nitrogen and oxygen atoms in total. The topological polar surface area (TPSA) is 139 Å². The van der Waals surface area contributed by atoms with Crippen LogP contribution in [0.4, 0.5) is 10.5 Å². The predicted molar refractivity (Wildman–Crippen MR) is 116 cm³/mol. The highest BCUT2D eigenvalue weighted by atomic mass is 16.6. The van der Waals surface area contributed by atoms with Crippen molar-refractivity contribution in [1.82, 2.24) is 4.98 Å². The SMILES string of the molecule is CC(=O)O.N=C(N)c1ccc(N2CC(COc3cccc4cccnc34)OC2=O)cc1. The van der Waals surface area contributed by atoms with Gasteiger partial charge in [0.25, 0.3) is 5.97 Å². The number of pyridine rings is 1. The number of nitrogens with zero attached hydrogens (tertiary/aromatic N) is 2. The fourth-order valence-electron chi connectivity index (χ4n) is 3.02. The van der Waals surface area contributed by atoms with Crippen molar-refractivity contribution < 1.29 is 24.2 Å². The van der Waals surface area contributed by atoms with Gasteiger partial charge in [0.1, 0.15) is 23.7 Å². The third-order valence-electron chi connectivity index (χ3n) is 4.38. The van der Waals surface area contributed by atoms with Crippen LogP contribution in [0.15, 0.2) is 60.8 Å². The lowest BCUT2D eigenvalue weighted by Gasteiger charge is -2.14. The minimum Gasteiger partial charge on any atom is -0.487 e. The molecule has 0 radical (unpaired) electrons. The van der Waals surface area contributed by atoms with Crippen LogP contribution in [0.1, 0.15) is 12.5 Å². The number of carboxylic acids is 1. The number of hydrogen-bond donors (Lipinski definition) is 3. The third-order valence-corrected chi connectivity index (χ3v) is 4.38. The summed E-state index contributed by atoms with van der Waals surface area (Å²) in [5.74, 6) is -0.186. The van der Waals surface area contributed by atoms with Gasteiger partial charge in [-0.05, 0) is 36.4 Å². The number of aliphatic carboxylic acids is 1. The van der Waals surface area contributed by atoms with E-state index in [0.29, 0.717) is 23.5 Å². The number of hydrogen-bond acceptors (Lipinski definition) is 6. The Balaban J connectivity index is 0.000000628. The van der Waals surface area contributed by atoms with E-state index in [1.807, 2.05) is 30.3 Å². The number of ether oxygens (including phenoxy) is 2. The fourth-order valence-corrected chi connectivity index (χ4v) is 3.02. The number of carbonyl (C=O) groups is 2. The summed E-state index contributed by atoms with van der Waals surface area (Å²) in [7, 11) is 0. The summed E-state index contributed by atoms with van der Waals surface area (Å²) in [6.45, 7) is 1.71. The van der Waals surface area contributed by atoms with Crippen LogP contribution < -0.4 is 15.4 Å². The molecule has 1 atom stereocenters. The number of nitrogen functional groups attached to an aromatic ring is 1. The number of carboxylic acid groups (broad SMARTS) is 1. The number of benzene rings is 2. The smallest absolute Gasteiger partial charge is 0.414 e. The molecule has 1 amide bonds. The zero-order valence-corrected chi connectivity index (χ0v) is 16.8. The molecule has 1 saturated heterocycles. The number of carbonyl (C=O) groups excluding carboxylic acids is 1. The molecule has 1 aliphatic rings. The molecule has 3 aromatic rings. The molecular weight excluding hydrogens is 400 g/mol. The molecule has 0 aliphatic carbocycles. The largest absolute Gasteiger partial charge is 0.487 e. The van der Waals surface area contributed by atoms with Gasteiger partial charge in [-0.25, -0.2) is 4.79 Å². The zero-order valence-electron chi connectivity index (χ0n) is 16.8. The van der Waals surface area contributed by atoms with E-state index in [1.165, 1.54) is 0 Å². The average molecular weight is 422 g/mol. The highest BCUT2D eigenvalue weighted by Gasteiger charge is 2.33. The average Bonchev–Trinajstić information content (AvgIpc) is 3.12. The maximum atomic E-state index is 12.2. The van der Waals surface area contributed by atoms with E-state index in [9.17, 15) is 4.79 Å². The molecule has 1 unspecified atom stereocenters. The number of amidine groups is 1. The molecule has 2 aromatic carbocycles. The normalized spacial score (nSPS) is 15.1. The van der Waals surface area contributed by atoms with Gasteiger partial charge in [-0.1, -0.05) is 18.2 Å². The predicted octanol–water partition coefficient (Wildman–Crippen LogP) is 3.01. The number of amides is 1. The Hall–Kier alpha value is -4.14. The summed E-state index contributed by atoms with van der Waals surface area (Å²) < 4.78 is 11.3. The van der Waals surface area contributed by atoms with Gasteiger partial charge in [-0.15, -0.1) is 0 Å². The standard InChI is InChI=1S/C20H18N4O3.C2H4O2/c21-19(22)14-6-8-15(9-7-14)24-11-16(27-20(24)25)12-26-17-5-1-3-13-4-2-10-23-18(13)17;1-2(3)4/h1-10,16H,11-12H2,(H3,21,22);1H3,(H,3,4). The van der Waals surface area contributed by atoms with Gasteiger partial charge in [-0.3, -0.25) is 20.1 Å². The van der Waals surface area contributed by atoms with Crippen molar-refractivity contribution in [1.29, 1.82) is 5.41 Å². The molecule has 0 spiro atoms. The van der Waals surface area contributed by atoms with Gasteiger partial charge in [0.05, 0.1) is 6.54 Å². The molecule has 2 heterocycles. The molecule has 9 heteroatoms. The van der Waals surface area contributed by atoms with Crippen LogP contribution >= 0.6 is 0 Å². The lowest BCUT2D eigenvalue weighted by molar-refractivity contribution is -0.134. The van der Waals surface area contributed by atoms with Crippen molar-refractivity contribution in [2.75, 3.05) is 18.1 Å². The number of nitrogens with two attached hydrogens (primary N) is 1. The molecule has 0 bridgehead atoms. The third kappa shape index (κ3) is 5.47. The van der Waals surface area contributed by atoms with Crippen LogP contribution in [0.25, 0.3) is 10.9 Å². The number of cyclic esters (lactones) is 1. The van der Waals surface area contributed by atoms with E-state index in [4.69, 9.17) is 30.5 Å². The summed E-state index contributed by atoms with van der Waals surface area (Å²) in [5.41, 5.74) is 7.54. The number of anilines is 1. The fraction of sp³-hybridized carbons (Fsp3) is 0.182. The van der Waals surface area contributed by atoms with Gasteiger partial charge in [0.2, 0.25) is 0 Å². The van der Waals surface area contributed by atoms with Gasteiger partial charge in [0.15, 0.2) is 6.10 Å². The number of para-hydroxylation sites is 1. The number of nitrogens with one attached hydrogen (secondary N) is 1. The van der Waals surface area contributed by atoms with Crippen LogP contribution in [0.3, 0.4) is 0 Å². The van der Waals surface area contributed by atoms with Crippen molar-refractivity contribution in [2.24, 2.45) is 5.73 Å². The molecule has 1 fully saturated rings. The second-order valence-corrected chi connectivity index (χ2v) is 6.74. The summed E-state index contributed by atoms with van der Waals surface area (Å²) in [6.07, 6.45) is 0.913. The van der Waals surface area contributed by atoms with Gasteiger partial charge in [0, 0.05) is 29.8 Å². The summed E-state index contributed by atoms with van der Waals surface area (Å²) >= 11 is 0. The summed E-state index contributed by atoms with van der Waals surface area (Å²) in [5, 5.41) is 15.8. The minimum atomic E-state index is -0.833. The molecule has 4 rings (SSSR count). The highest BCUT2D eigenvalue weighted by molar-refractivity contribution is 5.96. The first-order valence-electron chi connectivity index (χ1n) is 9.44. The van der Waals surface area contributed by atoms with Crippen LogP contribution in [0.5, 0.6) is 5.75 Å². The van der Waals surface area contributed by atoms with Gasteiger partial charge >= 0.3 is 6.09 Å². The Kier molecular flexibility index (Phi) is 6.66. The summed E-state index contributed by atoms with van der Waals surface area (Å²) in [4.78, 5) is 27.1. The molecule has 4 N–H and O–H groups in total. The quantitative estimate of drug-likeness (QED) is 0.424. The van der Waals surface area contributed by atoms with Crippen LogP contribution in [0, 0.1) is 5.41 Å². The molecule has 1 aromatic heterocycles. The monoisotopic (exact) mass is 422 g/mol. The van der Waals surface area contributed by atoms with Gasteiger partial charge < -0.3 is 20.3 Å². The molecule has 31 heavy (non-hydrogen) atoms. The Morgan fingerprint density at radius 2 is 1.94 bits per heavy atom. The van der Waals surface area contributed by atoms with Crippen molar-refractivity contribution in [2.45, 2.75) is 13.0 Å². The van der Waals surface area contributed by atoms with E-state index in [-0.39, 0.29) is 18.5 Å². The molecule has 160 valence electrons. The second kappa shape index (κ2) is 9.57. The van der Waals surface area contributed by atoms with Crippen LogP contribution in [-0.4, -0.2) is 47.2 Å². The molecular formula is C22H22N4O5. The molecule has 1 aliphatic heterocycles. The highest BCUT2D eigenvalue weighted by Crippen LogP contribution is 2.25. The van der Waals surface area contributed by atoms with Gasteiger partial charge in [-0.2, -0.15) is 0 Å². The van der Waals surface area contributed by atoms with Crippen molar-refractivity contribution >= 4 is 34.5 Å². The number of aromatic nitrogens is 1. The van der Waals surface area contributed by atoms with Crippen LogP contribution in [-0.2, 0) is 9.53 Å². The number of rotatable bonds is 5. The van der Waals surface area contributed by atoms with Crippen LogP contribution in [0.2, 0.25) is 0 Å². The van der Waals surface area contributed by atoms with E-state index in [2.05, 4.69) is 4.98 Å². The Bertz CT molecular complexity index is 1090. The first kappa shape index (κ1) is 21.6. The first-order chi connectivity index (χ1) is 14.8. The second-order valence-electron chi connectivity index (χ2n) is 6.74. The van der Waals surface area contributed by atoms with E-state index < -0.39 is 12.1 Å². The Labute approximate surface area is 178 Å². The van der Waals surface area contributed by atoms with E-state index >= 15 is 0 Å². The Morgan fingerprint density at radius 3 is 2.61 bits per heavy atom. The van der Waals surface area contributed by atoms with Crippen molar-refractivity contribution in [3.05, 3.63) is 66.4 Å². The number of fused-ring (bicyclic) bond motifs is 1. The first-order valence-corrected chi connectivity index (χ1v) is 9.44. The lowest BCUT2D eigenvalue weighted by atomic mass is 10.2. The van der Waals surface area contributed by atoms with E-state index in [1.54, 1.807) is 35.4 Å².